The minimum absolute atomic E-state index is 0.0879. The van der Waals surface area contributed by atoms with Crippen molar-refractivity contribution in [1.29, 1.82) is 0 Å². The van der Waals surface area contributed by atoms with Crippen LogP contribution in [0.25, 0.3) is 127 Å². The van der Waals surface area contributed by atoms with Gasteiger partial charge in [-0.3, -0.25) is 0 Å². The van der Waals surface area contributed by atoms with Gasteiger partial charge < -0.3 is 23.5 Å². The summed E-state index contributed by atoms with van der Waals surface area (Å²) in [6.07, 6.45) is 0. The molecule has 3 aromatic heterocycles. The maximum atomic E-state index is 2.81. The molecule has 0 amide bonds. The van der Waals surface area contributed by atoms with Gasteiger partial charge in [-0.25, -0.2) is 0 Å². The minimum atomic E-state index is -0.405. The maximum Gasteiger partial charge on any atom is 0.252 e. The summed E-state index contributed by atoms with van der Waals surface area (Å²) in [6.45, 7) is 63.6. The summed E-state index contributed by atoms with van der Waals surface area (Å²) in [5.74, 6) is 0. The first kappa shape index (κ1) is 87.4. The van der Waals surface area contributed by atoms with E-state index in [1.54, 1.807) is 0 Å². The van der Waals surface area contributed by atoms with Gasteiger partial charge in [-0.1, -0.05) is 369 Å². The summed E-state index contributed by atoms with van der Waals surface area (Å²) >= 11 is 0. The molecule has 6 heteroatoms. The molecule has 662 valence electrons. The molecule has 18 aromatic rings. The molecule has 132 heavy (non-hydrogen) atoms. The zero-order chi connectivity index (χ0) is 93.3. The number of hydrogen-bond acceptors (Lipinski definition) is 2. The predicted octanol–water partition coefficient (Wildman–Crippen LogP) is 33.4. The van der Waals surface area contributed by atoms with Crippen molar-refractivity contribution in [2.75, 3.05) is 9.80 Å². The molecule has 0 atom stereocenters. The van der Waals surface area contributed by atoms with Crippen LogP contribution in [-0.4, -0.2) is 20.4 Å². The van der Waals surface area contributed by atoms with Gasteiger partial charge in [-0.05, 0) is 253 Å². The van der Waals surface area contributed by atoms with Crippen LogP contribution >= 0.6 is 0 Å². The number of aromatic nitrogens is 3. The summed E-state index contributed by atoms with van der Waals surface area (Å²) in [7, 11) is 0. The van der Waals surface area contributed by atoms with E-state index >= 15 is 0 Å². The molecule has 0 fully saturated rings. The lowest BCUT2D eigenvalue weighted by Crippen LogP contribution is -2.61. The topological polar surface area (TPSA) is 21.3 Å². The Labute approximate surface area is 785 Å². The minimum Gasteiger partial charge on any atom is -0.310 e. The summed E-state index contributed by atoms with van der Waals surface area (Å²) in [6, 6.07) is 118. The van der Waals surface area contributed by atoms with Gasteiger partial charge in [-0.2, -0.15) is 0 Å². The molecule has 0 aliphatic carbocycles. The highest BCUT2D eigenvalue weighted by Crippen LogP contribution is 2.57. The van der Waals surface area contributed by atoms with Crippen molar-refractivity contribution in [3.8, 4) is 61.6 Å². The first-order valence-corrected chi connectivity index (χ1v) is 48.1. The van der Waals surface area contributed by atoms with Crippen LogP contribution < -0.4 is 26.2 Å². The first-order valence-electron chi connectivity index (χ1n) is 48.1. The van der Waals surface area contributed by atoms with Gasteiger partial charge in [0.1, 0.15) is 0 Å². The van der Waals surface area contributed by atoms with Crippen molar-refractivity contribution in [3.63, 3.8) is 0 Å². The van der Waals surface area contributed by atoms with Gasteiger partial charge in [0.05, 0.1) is 44.5 Å². The van der Waals surface area contributed by atoms with Crippen molar-refractivity contribution in [1.82, 2.24) is 13.7 Å². The van der Waals surface area contributed by atoms with Crippen LogP contribution in [0.1, 0.15) is 237 Å². The lowest BCUT2D eigenvalue weighted by molar-refractivity contribution is 0.589. The van der Waals surface area contributed by atoms with E-state index in [2.05, 4.69) is 508 Å². The van der Waals surface area contributed by atoms with E-state index in [4.69, 9.17) is 0 Å². The van der Waals surface area contributed by atoms with E-state index in [-0.39, 0.29) is 50.0 Å². The van der Waals surface area contributed by atoms with Crippen molar-refractivity contribution >= 4 is 123 Å². The van der Waals surface area contributed by atoms with E-state index in [0.29, 0.717) is 0 Å². The van der Waals surface area contributed by atoms with E-state index in [1.807, 2.05) is 0 Å². The van der Waals surface area contributed by atoms with E-state index in [9.17, 15) is 0 Å². The van der Waals surface area contributed by atoms with Gasteiger partial charge in [0, 0.05) is 94.4 Å². The lowest BCUT2D eigenvalue weighted by atomic mass is 9.33. The zero-order valence-electron chi connectivity index (χ0n) is 83.1. The molecule has 5 nitrogen and oxygen atoms in total. The third-order valence-corrected chi connectivity index (χ3v) is 29.0. The highest BCUT2D eigenvalue weighted by molar-refractivity contribution is 7.00. The molecular weight excluding hydrogens is 1590 g/mol. The zero-order valence-corrected chi connectivity index (χ0v) is 83.1. The first-order chi connectivity index (χ1) is 62.2. The van der Waals surface area contributed by atoms with Gasteiger partial charge in [-0.15, -0.1) is 0 Å². The Bertz CT molecular complexity index is 7450. The highest BCUT2D eigenvalue weighted by Gasteiger charge is 2.47. The fraction of sp³-hybridized carbons (Fsp3) is 0.286. The molecule has 0 spiro atoms. The molecular formula is C126H130BN5. The van der Waals surface area contributed by atoms with E-state index < -0.39 is 5.41 Å². The van der Waals surface area contributed by atoms with Gasteiger partial charge in [0.25, 0.3) is 6.71 Å². The Morgan fingerprint density at radius 3 is 0.871 bits per heavy atom. The van der Waals surface area contributed by atoms with Crippen molar-refractivity contribution in [3.05, 3.63) is 347 Å². The second kappa shape index (κ2) is 30.5. The van der Waals surface area contributed by atoms with Crippen LogP contribution in [0.5, 0.6) is 0 Å². The molecule has 0 unspecified atom stereocenters. The van der Waals surface area contributed by atoms with Crippen LogP contribution in [0.4, 0.5) is 34.1 Å². The van der Waals surface area contributed by atoms with Crippen LogP contribution in [0.3, 0.4) is 0 Å². The fourth-order valence-electron chi connectivity index (χ4n) is 21.1. The highest BCUT2D eigenvalue weighted by atomic mass is 15.2. The average molecular weight is 1730 g/mol. The average Bonchev–Trinajstić information content (AvgIpc) is 0.706. The van der Waals surface area contributed by atoms with Crippen molar-refractivity contribution < 1.29 is 0 Å². The Hall–Kier alpha value is -12.6. The van der Waals surface area contributed by atoms with E-state index in [0.717, 1.165) is 73.3 Å². The number of anilines is 6. The largest absolute Gasteiger partial charge is 0.310 e. The third kappa shape index (κ3) is 14.7. The summed E-state index contributed by atoms with van der Waals surface area (Å²) in [5.41, 5.74) is 40.3. The number of para-hydroxylation sites is 3. The number of rotatable bonds is 9. The molecule has 0 saturated carbocycles. The Morgan fingerprint density at radius 2 is 0.500 bits per heavy atom. The second-order valence-corrected chi connectivity index (χ2v) is 47.6. The summed E-state index contributed by atoms with van der Waals surface area (Å²) < 4.78 is 7.72. The van der Waals surface area contributed by atoms with Crippen molar-refractivity contribution in [2.45, 2.75) is 236 Å². The smallest absolute Gasteiger partial charge is 0.252 e. The maximum absolute atomic E-state index is 2.81. The number of benzene rings is 15. The van der Waals surface area contributed by atoms with Crippen LogP contribution in [-0.2, 0) is 48.7 Å². The number of nitrogens with zero attached hydrogens (tertiary/aromatic N) is 5. The van der Waals surface area contributed by atoms with Crippen molar-refractivity contribution in [2.24, 2.45) is 0 Å². The Kier molecular flexibility index (Phi) is 20.2. The molecule has 15 aromatic carbocycles. The third-order valence-electron chi connectivity index (χ3n) is 29.0. The van der Waals surface area contributed by atoms with Crippen LogP contribution in [0.15, 0.2) is 297 Å². The standard InChI is InChI=1S/C126H130BN5/c1-118(2,3)81-49-41-77(42-50-81)96-69-87(124(19,20)21)70-97(78-43-51-82(52-44-78)119(4,5)6)115(96)131-109-75-91(129-106-64-57-85(122(13,14)15)67-100(106)101-68-86(123(16,17)18)58-65-107(101)129)59-62-102(109)127-103-63-60-92(130-104-39-33-31-37-93(104)94-61-66-108-113(117(94)130)95-38-32-34-40-105(95)128(108)90-35-29-28-30-36-90)76-110(103)132(112-74-89(126(25,26)27)73-111(131)114(112)127)116-98(79-45-53-83(54-46-79)120(7,8)9)71-88(125(22,23)24)72-99(116)80-47-55-84(56-48-80)121(10,11)12/h28-76H,1-27H3. The predicted molar refractivity (Wildman–Crippen MR) is 574 cm³/mol. The molecule has 0 N–H and O–H groups in total. The Balaban J connectivity index is 0.992. The molecule has 0 saturated heterocycles. The molecule has 0 bridgehead atoms. The quantitative estimate of drug-likeness (QED) is 0.134. The number of hydrogen-bond donors (Lipinski definition) is 0. The molecule has 5 heterocycles. The monoisotopic (exact) mass is 1720 g/mol. The lowest BCUT2D eigenvalue weighted by Gasteiger charge is -2.47. The molecule has 2 aliphatic heterocycles. The van der Waals surface area contributed by atoms with Gasteiger partial charge in [0.15, 0.2) is 0 Å². The Morgan fingerprint density at radius 1 is 0.197 bits per heavy atom. The van der Waals surface area contributed by atoms with Crippen LogP contribution in [0, 0.1) is 0 Å². The van der Waals surface area contributed by atoms with Gasteiger partial charge >= 0.3 is 0 Å². The van der Waals surface area contributed by atoms with E-state index in [1.165, 1.54) is 154 Å². The number of fused-ring (bicyclic) bond motifs is 14. The summed E-state index contributed by atoms with van der Waals surface area (Å²) in [5, 5.41) is 7.37. The fourth-order valence-corrected chi connectivity index (χ4v) is 21.1. The van der Waals surface area contributed by atoms with Crippen LogP contribution in [0.2, 0.25) is 0 Å². The molecule has 2 aliphatic rings. The normalized spacial score (nSPS) is 13.7. The second-order valence-electron chi connectivity index (χ2n) is 47.6. The molecule has 20 rings (SSSR count). The summed E-state index contributed by atoms with van der Waals surface area (Å²) in [4.78, 5) is 5.63. The molecule has 0 radical (unpaired) electrons. The SMILES string of the molecule is CC(C)(C)c1ccc(-c2cc(C(C)(C)C)cc(-c3ccc(C(C)(C)C)cc3)c2N2c3cc(-n4c5ccc(C(C)(C)C)cc5c5cc(C(C)(C)C)ccc54)ccc3B3c4ccc(-n5c6ccccc6c6ccc7c(c8ccccc8n7-c7ccccc7)c65)cc4N(c4c(-c5ccc(C(C)(C)C)cc5)cc(C(C)(C)C)cc4-c4ccc(C(C)(C)C)cc4)c4cc(C(C)(C)C)cc2c43)cc1. The van der Waals surface area contributed by atoms with Gasteiger partial charge in [0.2, 0.25) is 0 Å².